The van der Waals surface area contributed by atoms with E-state index in [9.17, 15) is 4.79 Å². The number of tetrazole rings is 1. The number of nitrogens with zero attached hydrogens (tertiary/aromatic N) is 5. The number of piperidine rings is 1. The zero-order valence-electron chi connectivity index (χ0n) is 13.4. The van der Waals surface area contributed by atoms with Crippen LogP contribution in [0.3, 0.4) is 0 Å². The van der Waals surface area contributed by atoms with Gasteiger partial charge in [-0.05, 0) is 45.2 Å². The number of hydrogen-bond donors (Lipinski definition) is 0. The lowest BCUT2D eigenvalue weighted by Crippen LogP contribution is -2.41. The highest BCUT2D eigenvalue weighted by Gasteiger charge is 2.29. The Morgan fingerprint density at radius 3 is 2.57 bits per heavy atom. The normalized spacial score (nSPS) is 17.0. The van der Waals surface area contributed by atoms with Gasteiger partial charge in [0, 0.05) is 19.0 Å². The number of amides is 1. The lowest BCUT2D eigenvalue weighted by Gasteiger charge is -2.32. The van der Waals surface area contributed by atoms with E-state index in [1.807, 2.05) is 20.8 Å². The molecule has 1 aromatic heterocycles. The van der Waals surface area contributed by atoms with Crippen LogP contribution in [0, 0.1) is 0 Å². The van der Waals surface area contributed by atoms with Gasteiger partial charge in [-0.15, -0.1) is 10.2 Å². The van der Waals surface area contributed by atoms with Gasteiger partial charge in [-0.1, -0.05) is 6.92 Å². The van der Waals surface area contributed by atoms with Gasteiger partial charge in [0.1, 0.15) is 5.60 Å². The van der Waals surface area contributed by atoms with Gasteiger partial charge in [0.05, 0.1) is 6.54 Å². The second kappa shape index (κ2) is 6.41. The van der Waals surface area contributed by atoms with Crippen LogP contribution in [0.1, 0.15) is 58.7 Å². The summed E-state index contributed by atoms with van der Waals surface area (Å²) >= 11 is 0. The van der Waals surface area contributed by atoms with Crippen molar-refractivity contribution in [2.75, 3.05) is 13.1 Å². The average Bonchev–Trinajstić information content (AvgIpc) is 2.86. The largest absolute Gasteiger partial charge is 0.444 e. The van der Waals surface area contributed by atoms with Gasteiger partial charge >= 0.3 is 6.09 Å². The number of aromatic nitrogens is 4. The van der Waals surface area contributed by atoms with Crippen molar-refractivity contribution in [2.24, 2.45) is 0 Å². The van der Waals surface area contributed by atoms with Crippen molar-refractivity contribution >= 4 is 6.09 Å². The maximum Gasteiger partial charge on any atom is 0.410 e. The highest BCUT2D eigenvalue weighted by Crippen LogP contribution is 2.25. The molecule has 0 spiro atoms. The molecule has 0 atom stereocenters. The minimum Gasteiger partial charge on any atom is -0.444 e. The zero-order chi connectivity index (χ0) is 15.5. The third kappa shape index (κ3) is 4.41. The molecule has 2 rings (SSSR count). The van der Waals surface area contributed by atoms with Gasteiger partial charge in [-0.3, -0.25) is 0 Å². The molecular formula is C14H25N5O2. The van der Waals surface area contributed by atoms with Crippen LogP contribution >= 0.6 is 0 Å². The van der Waals surface area contributed by atoms with E-state index >= 15 is 0 Å². The van der Waals surface area contributed by atoms with Crippen molar-refractivity contribution < 1.29 is 9.53 Å². The number of ether oxygens (including phenoxy) is 1. The molecule has 1 aromatic rings. The predicted molar refractivity (Wildman–Crippen MR) is 77.9 cm³/mol. The molecule has 7 nitrogen and oxygen atoms in total. The SMILES string of the molecule is CCCn1nnc(C2CCN(C(=O)OC(C)(C)C)CC2)n1. The van der Waals surface area contributed by atoms with E-state index in [1.165, 1.54) is 0 Å². The molecule has 1 amide bonds. The van der Waals surface area contributed by atoms with Crippen LogP contribution in [0.25, 0.3) is 0 Å². The first kappa shape index (κ1) is 15.7. The van der Waals surface area contributed by atoms with Crippen LogP contribution in [0.4, 0.5) is 4.79 Å². The van der Waals surface area contributed by atoms with E-state index in [0.717, 1.165) is 31.6 Å². The third-order valence-electron chi connectivity index (χ3n) is 3.40. The summed E-state index contributed by atoms with van der Waals surface area (Å²) in [5.74, 6) is 1.08. The van der Waals surface area contributed by atoms with E-state index in [4.69, 9.17) is 4.74 Å². The van der Waals surface area contributed by atoms with Gasteiger partial charge in [0.2, 0.25) is 0 Å². The van der Waals surface area contributed by atoms with Crippen molar-refractivity contribution in [2.45, 2.75) is 65.0 Å². The van der Waals surface area contributed by atoms with Crippen molar-refractivity contribution in [3.05, 3.63) is 5.82 Å². The molecule has 7 heteroatoms. The topological polar surface area (TPSA) is 73.1 Å². The summed E-state index contributed by atoms with van der Waals surface area (Å²) in [4.78, 5) is 15.4. The number of hydrogen-bond acceptors (Lipinski definition) is 5. The number of aryl methyl sites for hydroxylation is 1. The van der Waals surface area contributed by atoms with Crippen LogP contribution in [0.15, 0.2) is 0 Å². The number of carbonyl (C=O) groups is 1. The molecule has 0 aliphatic carbocycles. The summed E-state index contributed by atoms with van der Waals surface area (Å²) < 4.78 is 5.39. The Morgan fingerprint density at radius 1 is 1.33 bits per heavy atom. The average molecular weight is 295 g/mol. The Bertz CT molecular complexity index is 472. The first-order chi connectivity index (χ1) is 9.89. The molecule has 0 bridgehead atoms. The first-order valence-corrected chi connectivity index (χ1v) is 7.64. The number of rotatable bonds is 3. The lowest BCUT2D eigenvalue weighted by atomic mass is 9.96. The van der Waals surface area contributed by atoms with E-state index < -0.39 is 5.60 Å². The minimum atomic E-state index is -0.446. The summed E-state index contributed by atoms with van der Waals surface area (Å²) in [6.45, 7) is 9.89. The molecule has 0 unspecified atom stereocenters. The van der Waals surface area contributed by atoms with Crippen molar-refractivity contribution in [1.29, 1.82) is 0 Å². The maximum absolute atomic E-state index is 12.0. The Balaban J connectivity index is 1.86. The predicted octanol–water partition coefficient (Wildman–Crippen LogP) is 2.20. The summed E-state index contributed by atoms with van der Waals surface area (Å²) in [5.41, 5.74) is -0.446. The fraction of sp³-hybridized carbons (Fsp3) is 0.857. The quantitative estimate of drug-likeness (QED) is 0.854. The summed E-state index contributed by atoms with van der Waals surface area (Å²) in [7, 11) is 0. The van der Waals surface area contributed by atoms with Crippen LogP contribution in [-0.2, 0) is 11.3 Å². The van der Waals surface area contributed by atoms with Gasteiger partial charge < -0.3 is 9.64 Å². The summed E-state index contributed by atoms with van der Waals surface area (Å²) in [5, 5.41) is 12.6. The van der Waals surface area contributed by atoms with Crippen LogP contribution in [0.5, 0.6) is 0 Å². The smallest absolute Gasteiger partial charge is 0.410 e. The molecular weight excluding hydrogens is 270 g/mol. The molecule has 1 aliphatic heterocycles. The molecule has 0 radical (unpaired) electrons. The summed E-state index contributed by atoms with van der Waals surface area (Å²) in [6, 6.07) is 0. The van der Waals surface area contributed by atoms with Crippen LogP contribution in [-0.4, -0.2) is 49.9 Å². The number of likely N-dealkylation sites (tertiary alicyclic amines) is 1. The molecule has 1 saturated heterocycles. The first-order valence-electron chi connectivity index (χ1n) is 7.64. The van der Waals surface area contributed by atoms with Crippen molar-refractivity contribution in [3.63, 3.8) is 0 Å². The fourth-order valence-electron chi connectivity index (χ4n) is 2.36. The Hall–Kier alpha value is -1.66. The van der Waals surface area contributed by atoms with Crippen LogP contribution < -0.4 is 0 Å². The maximum atomic E-state index is 12.0. The second-order valence-corrected chi connectivity index (χ2v) is 6.49. The monoisotopic (exact) mass is 295 g/mol. The van der Waals surface area contributed by atoms with Crippen molar-refractivity contribution in [3.8, 4) is 0 Å². The molecule has 21 heavy (non-hydrogen) atoms. The zero-order valence-corrected chi connectivity index (χ0v) is 13.4. The highest BCUT2D eigenvalue weighted by molar-refractivity contribution is 5.68. The lowest BCUT2D eigenvalue weighted by molar-refractivity contribution is 0.0203. The number of carbonyl (C=O) groups excluding carboxylic acids is 1. The molecule has 0 aromatic carbocycles. The molecule has 0 saturated carbocycles. The van der Waals surface area contributed by atoms with Crippen LogP contribution in [0.2, 0.25) is 0 Å². The molecule has 118 valence electrons. The Kier molecular flexibility index (Phi) is 4.80. The molecule has 1 fully saturated rings. The van der Waals surface area contributed by atoms with Gasteiger partial charge in [-0.2, -0.15) is 4.80 Å². The third-order valence-corrected chi connectivity index (χ3v) is 3.40. The molecule has 2 heterocycles. The molecule has 0 N–H and O–H groups in total. The van der Waals surface area contributed by atoms with E-state index in [-0.39, 0.29) is 12.0 Å². The van der Waals surface area contributed by atoms with E-state index in [2.05, 4.69) is 22.3 Å². The Morgan fingerprint density at radius 2 is 2.00 bits per heavy atom. The van der Waals surface area contributed by atoms with Gasteiger partial charge in [-0.25, -0.2) is 4.79 Å². The van der Waals surface area contributed by atoms with E-state index in [1.54, 1.807) is 9.70 Å². The summed E-state index contributed by atoms with van der Waals surface area (Å²) in [6.07, 6.45) is 2.48. The second-order valence-electron chi connectivity index (χ2n) is 6.49. The minimum absolute atomic E-state index is 0.233. The standard InChI is InChI=1S/C14H25N5O2/c1-5-8-19-16-12(15-17-19)11-6-9-18(10-7-11)13(20)21-14(2,3)4/h11H,5-10H2,1-4H3. The molecule has 1 aliphatic rings. The van der Waals surface area contributed by atoms with Crippen molar-refractivity contribution in [1.82, 2.24) is 25.1 Å². The van der Waals surface area contributed by atoms with Gasteiger partial charge in [0.15, 0.2) is 5.82 Å². The van der Waals surface area contributed by atoms with Gasteiger partial charge in [0.25, 0.3) is 0 Å². The van der Waals surface area contributed by atoms with E-state index in [0.29, 0.717) is 13.1 Å². The Labute approximate surface area is 125 Å². The fourth-order valence-corrected chi connectivity index (χ4v) is 2.36. The highest BCUT2D eigenvalue weighted by atomic mass is 16.6.